The molecule has 2 heterocycles. The molecule has 3 aromatic carbocycles. The number of amides is 1. The number of aromatic nitrogens is 2. The molecule has 1 aliphatic carbocycles. The third-order valence-corrected chi connectivity index (χ3v) is 7.89. The van der Waals surface area contributed by atoms with Gasteiger partial charge in [0.1, 0.15) is 16.9 Å². The van der Waals surface area contributed by atoms with Crippen LogP contribution in [0.5, 0.6) is 0 Å². The van der Waals surface area contributed by atoms with Gasteiger partial charge in [-0.05, 0) is 54.7 Å². The fourth-order valence-corrected chi connectivity index (χ4v) is 6.05. The molecule has 1 unspecified atom stereocenters. The van der Waals surface area contributed by atoms with Crippen LogP contribution in [-0.2, 0) is 22.4 Å². The number of hydrogen-bond donors (Lipinski definition) is 2. The number of nitrogens with zero attached hydrogens (tertiary/aromatic N) is 2. The number of esters is 1. The molecule has 7 nitrogen and oxygen atoms in total. The van der Waals surface area contributed by atoms with Crippen LogP contribution in [0.4, 0.5) is 5.00 Å². The van der Waals surface area contributed by atoms with Crippen molar-refractivity contribution in [2.75, 3.05) is 5.32 Å². The van der Waals surface area contributed by atoms with Crippen molar-refractivity contribution in [1.82, 2.24) is 9.97 Å². The number of rotatable bonds is 5. The summed E-state index contributed by atoms with van der Waals surface area (Å²) >= 11 is 1.38. The normalized spacial score (nSPS) is 12.7. The number of nitriles is 1. The summed E-state index contributed by atoms with van der Waals surface area (Å²) in [6, 6.07) is 25.0. The Morgan fingerprint density at radius 1 is 1.03 bits per heavy atom. The van der Waals surface area contributed by atoms with Crippen LogP contribution in [-0.4, -0.2) is 27.9 Å². The van der Waals surface area contributed by atoms with Crippen LogP contribution >= 0.6 is 11.3 Å². The average molecular weight is 519 g/mol. The van der Waals surface area contributed by atoms with E-state index >= 15 is 0 Å². The van der Waals surface area contributed by atoms with Crippen LogP contribution in [0.3, 0.4) is 0 Å². The summed E-state index contributed by atoms with van der Waals surface area (Å²) in [5, 5.41) is 13.2. The van der Waals surface area contributed by atoms with Crippen molar-refractivity contribution >= 4 is 39.2 Å². The number of para-hydroxylation sites is 2. The number of hydrogen-bond acceptors (Lipinski definition) is 6. The van der Waals surface area contributed by atoms with E-state index < -0.39 is 18.0 Å². The highest BCUT2D eigenvalue weighted by Crippen LogP contribution is 2.44. The van der Waals surface area contributed by atoms with Crippen molar-refractivity contribution in [3.05, 3.63) is 95.1 Å². The predicted molar refractivity (Wildman–Crippen MR) is 147 cm³/mol. The van der Waals surface area contributed by atoms with Gasteiger partial charge in [0.15, 0.2) is 6.10 Å². The molecular formula is C30H22N4O3S. The van der Waals surface area contributed by atoms with Gasteiger partial charge in [-0.15, -0.1) is 11.3 Å². The van der Waals surface area contributed by atoms with Crippen LogP contribution in [0.15, 0.2) is 72.8 Å². The van der Waals surface area contributed by atoms with Crippen molar-refractivity contribution in [2.24, 2.45) is 0 Å². The molecule has 0 bridgehead atoms. The molecule has 0 radical (unpaired) electrons. The summed E-state index contributed by atoms with van der Waals surface area (Å²) in [6.45, 7) is 1.52. The number of benzene rings is 3. The van der Waals surface area contributed by atoms with Crippen LogP contribution in [0.2, 0.25) is 0 Å². The first-order chi connectivity index (χ1) is 18.5. The first-order valence-electron chi connectivity index (χ1n) is 12.2. The van der Waals surface area contributed by atoms with Crippen molar-refractivity contribution in [1.29, 1.82) is 5.26 Å². The highest BCUT2D eigenvalue weighted by molar-refractivity contribution is 7.20. The number of aryl methyl sites for hydroxylation is 1. The Kier molecular flexibility index (Phi) is 5.98. The largest absolute Gasteiger partial charge is 0.449 e. The Balaban J connectivity index is 1.22. The molecule has 8 heteroatoms. The van der Waals surface area contributed by atoms with Crippen LogP contribution in [0.1, 0.15) is 34.0 Å². The zero-order chi connectivity index (χ0) is 26.2. The second-order valence-corrected chi connectivity index (χ2v) is 10.1. The van der Waals surface area contributed by atoms with Gasteiger partial charge in [-0.25, -0.2) is 9.78 Å². The summed E-state index contributed by atoms with van der Waals surface area (Å²) in [5.41, 5.74) is 6.27. The first-order valence-corrected chi connectivity index (χ1v) is 13.0. The summed E-state index contributed by atoms with van der Waals surface area (Å²) in [4.78, 5) is 35.0. The van der Waals surface area contributed by atoms with Gasteiger partial charge in [0.25, 0.3) is 5.91 Å². The number of thiophene rings is 1. The topological polar surface area (TPSA) is 108 Å². The summed E-state index contributed by atoms with van der Waals surface area (Å²) in [7, 11) is 0. The fraction of sp³-hybridized carbons (Fsp3) is 0.133. The van der Waals surface area contributed by atoms with Gasteiger partial charge in [-0.2, -0.15) is 5.26 Å². The van der Waals surface area contributed by atoms with Gasteiger partial charge in [0.2, 0.25) is 0 Å². The number of aromatic amines is 1. The molecule has 186 valence electrons. The van der Waals surface area contributed by atoms with Crippen LogP contribution in [0.25, 0.3) is 32.9 Å². The second kappa shape index (κ2) is 9.61. The van der Waals surface area contributed by atoms with Gasteiger partial charge in [0.05, 0.1) is 22.2 Å². The first kappa shape index (κ1) is 23.6. The molecule has 1 amide bonds. The number of nitrogens with one attached hydrogen (secondary N) is 2. The summed E-state index contributed by atoms with van der Waals surface area (Å²) in [6.07, 6.45) is 0.509. The molecule has 0 aliphatic heterocycles. The monoisotopic (exact) mass is 518 g/mol. The van der Waals surface area contributed by atoms with Crippen molar-refractivity contribution in [3.63, 3.8) is 0 Å². The molecule has 0 fully saturated rings. The Hall–Kier alpha value is -4.74. The lowest BCUT2D eigenvalue weighted by atomic mass is 9.90. The van der Waals surface area contributed by atoms with Gasteiger partial charge >= 0.3 is 5.97 Å². The summed E-state index contributed by atoms with van der Waals surface area (Å²) in [5.74, 6) is -0.592. The molecule has 2 N–H and O–H groups in total. The second-order valence-electron chi connectivity index (χ2n) is 9.07. The van der Waals surface area contributed by atoms with E-state index in [0.717, 1.165) is 39.9 Å². The average Bonchev–Trinajstić information content (AvgIpc) is 3.54. The third-order valence-electron chi connectivity index (χ3n) is 6.71. The SMILES string of the molecule is CC(OC(=O)c1ccccc1-c1nc2ccccc2[nH]1)C(=O)Nc1sc2c(c1C#N)CCc1ccccc1-2. The number of imidazole rings is 1. The standard InChI is InChI=1S/C30H22N4O3S/c1-17(28(35)34-29-23(16-31)20-15-14-18-8-2-3-9-19(18)26(20)38-29)37-30(36)22-11-5-4-10-21(22)27-32-24-12-6-7-13-25(24)33-27/h2-13,17H,14-15H2,1H3,(H,32,33)(H,34,35). The molecule has 0 spiro atoms. The van der Waals surface area contributed by atoms with E-state index in [9.17, 15) is 14.9 Å². The molecule has 0 saturated heterocycles. The van der Waals surface area contributed by atoms with Gasteiger partial charge < -0.3 is 15.0 Å². The number of carbonyl (C=O) groups is 2. The van der Waals surface area contributed by atoms with Gasteiger partial charge in [-0.3, -0.25) is 4.79 Å². The molecule has 0 saturated carbocycles. The Morgan fingerprint density at radius 3 is 2.58 bits per heavy atom. The lowest BCUT2D eigenvalue weighted by Crippen LogP contribution is -2.30. The van der Waals surface area contributed by atoms with E-state index in [0.29, 0.717) is 27.5 Å². The molecule has 5 aromatic rings. The smallest absolute Gasteiger partial charge is 0.339 e. The maximum absolute atomic E-state index is 13.1. The van der Waals surface area contributed by atoms with E-state index in [1.807, 2.05) is 48.5 Å². The maximum Gasteiger partial charge on any atom is 0.339 e. The summed E-state index contributed by atoms with van der Waals surface area (Å²) < 4.78 is 5.57. The Labute approximate surface area is 222 Å². The number of carbonyl (C=O) groups excluding carboxylic acids is 2. The number of anilines is 1. The molecule has 2 aromatic heterocycles. The minimum absolute atomic E-state index is 0.298. The zero-order valence-electron chi connectivity index (χ0n) is 20.4. The fourth-order valence-electron chi connectivity index (χ4n) is 4.79. The Bertz CT molecular complexity index is 1730. The quantitative estimate of drug-likeness (QED) is 0.273. The van der Waals surface area contributed by atoms with Crippen molar-refractivity contribution < 1.29 is 14.3 Å². The number of fused-ring (bicyclic) bond motifs is 4. The van der Waals surface area contributed by atoms with E-state index in [4.69, 9.17) is 4.74 Å². The van der Waals surface area contributed by atoms with Gasteiger partial charge in [-0.1, -0.05) is 54.6 Å². The highest BCUT2D eigenvalue weighted by Gasteiger charge is 2.28. The van der Waals surface area contributed by atoms with Crippen molar-refractivity contribution in [3.8, 4) is 27.9 Å². The molecule has 1 atom stereocenters. The predicted octanol–water partition coefficient (Wildman–Crippen LogP) is 6.11. The molecular weight excluding hydrogens is 496 g/mol. The molecule has 6 rings (SSSR count). The minimum Gasteiger partial charge on any atom is -0.449 e. The van der Waals surface area contributed by atoms with E-state index in [1.165, 1.54) is 23.8 Å². The van der Waals surface area contributed by atoms with Crippen LogP contribution in [0, 0.1) is 11.3 Å². The molecule has 38 heavy (non-hydrogen) atoms. The Morgan fingerprint density at radius 2 is 1.76 bits per heavy atom. The molecule has 1 aliphatic rings. The number of H-pyrrole nitrogens is 1. The van der Waals surface area contributed by atoms with Crippen LogP contribution < -0.4 is 5.32 Å². The van der Waals surface area contributed by atoms with E-state index in [2.05, 4.69) is 27.4 Å². The maximum atomic E-state index is 13.1. The van der Waals surface area contributed by atoms with E-state index in [-0.39, 0.29) is 0 Å². The highest BCUT2D eigenvalue weighted by atomic mass is 32.1. The van der Waals surface area contributed by atoms with E-state index in [1.54, 1.807) is 18.2 Å². The lowest BCUT2D eigenvalue weighted by molar-refractivity contribution is -0.123. The minimum atomic E-state index is -1.08. The lowest BCUT2D eigenvalue weighted by Gasteiger charge is -2.15. The van der Waals surface area contributed by atoms with Gasteiger partial charge in [0, 0.05) is 10.4 Å². The third kappa shape index (κ3) is 4.13. The number of ether oxygens (including phenoxy) is 1. The van der Waals surface area contributed by atoms with Crippen molar-refractivity contribution in [2.45, 2.75) is 25.9 Å². The zero-order valence-corrected chi connectivity index (χ0v) is 21.3.